The van der Waals surface area contributed by atoms with Gasteiger partial charge in [0.2, 0.25) is 0 Å². The van der Waals surface area contributed by atoms with Gasteiger partial charge in [-0.15, -0.1) is 0 Å². The van der Waals surface area contributed by atoms with Crippen molar-refractivity contribution < 1.29 is 5.11 Å². The van der Waals surface area contributed by atoms with E-state index in [2.05, 4.69) is 25.5 Å². The molecule has 0 amide bonds. The van der Waals surface area contributed by atoms with E-state index >= 15 is 0 Å². The molecule has 2 aromatic heterocycles. The van der Waals surface area contributed by atoms with Crippen LogP contribution in [0.5, 0.6) is 0 Å². The molecule has 5 heteroatoms. The third-order valence-electron chi connectivity index (χ3n) is 3.70. The summed E-state index contributed by atoms with van der Waals surface area (Å²) in [6, 6.07) is 4.22. The Hall–Kier alpha value is -1.72. The molecule has 0 unspecified atom stereocenters. The first-order valence-electron chi connectivity index (χ1n) is 6.59. The molecule has 100 valence electrons. The van der Waals surface area contributed by atoms with Crippen LogP contribution in [0.4, 0.5) is 0 Å². The molecule has 1 aliphatic rings. The number of imidazole rings is 1. The SMILES string of the molecule is OC[C@@H]1CCn2cncc2CN1Cc1cccnc1. The van der Waals surface area contributed by atoms with E-state index in [4.69, 9.17) is 0 Å². The number of aromatic nitrogens is 3. The van der Waals surface area contributed by atoms with Crippen LogP contribution in [0.15, 0.2) is 37.1 Å². The van der Waals surface area contributed by atoms with Crippen LogP contribution in [0.25, 0.3) is 0 Å². The number of aliphatic hydroxyl groups is 1. The molecule has 1 N–H and O–H groups in total. The van der Waals surface area contributed by atoms with Crippen LogP contribution in [-0.2, 0) is 19.6 Å². The first kappa shape index (κ1) is 12.3. The Balaban J connectivity index is 1.81. The average molecular weight is 258 g/mol. The van der Waals surface area contributed by atoms with Crippen LogP contribution in [0, 0.1) is 0 Å². The second-order valence-electron chi connectivity index (χ2n) is 4.97. The minimum Gasteiger partial charge on any atom is -0.395 e. The van der Waals surface area contributed by atoms with Gasteiger partial charge in [-0.05, 0) is 18.1 Å². The van der Waals surface area contributed by atoms with Gasteiger partial charge in [0.25, 0.3) is 0 Å². The Kier molecular flexibility index (Phi) is 3.57. The fourth-order valence-electron chi connectivity index (χ4n) is 2.61. The van der Waals surface area contributed by atoms with E-state index in [9.17, 15) is 5.11 Å². The summed E-state index contributed by atoms with van der Waals surface area (Å²) >= 11 is 0. The lowest BCUT2D eigenvalue weighted by molar-refractivity contribution is 0.107. The number of pyridine rings is 1. The van der Waals surface area contributed by atoms with Gasteiger partial charge in [-0.2, -0.15) is 0 Å². The number of aryl methyl sites for hydroxylation is 1. The van der Waals surface area contributed by atoms with Gasteiger partial charge in [0.15, 0.2) is 0 Å². The number of hydrogen-bond donors (Lipinski definition) is 1. The Morgan fingerprint density at radius 3 is 3.05 bits per heavy atom. The van der Waals surface area contributed by atoms with Crippen molar-refractivity contribution in [3.05, 3.63) is 48.3 Å². The molecule has 0 aliphatic carbocycles. The normalized spacial score (nSPS) is 19.9. The molecule has 0 saturated carbocycles. The smallest absolute Gasteiger partial charge is 0.0948 e. The Morgan fingerprint density at radius 2 is 2.26 bits per heavy atom. The molecule has 1 aliphatic heterocycles. The minimum atomic E-state index is 0.193. The predicted octanol–water partition coefficient (Wildman–Crippen LogP) is 1.04. The largest absolute Gasteiger partial charge is 0.395 e. The van der Waals surface area contributed by atoms with Crippen LogP contribution in [-0.4, -0.2) is 37.2 Å². The monoisotopic (exact) mass is 258 g/mol. The Labute approximate surface area is 112 Å². The van der Waals surface area contributed by atoms with Gasteiger partial charge in [0, 0.05) is 44.3 Å². The third kappa shape index (κ3) is 2.67. The van der Waals surface area contributed by atoms with Gasteiger partial charge in [-0.3, -0.25) is 9.88 Å². The molecule has 0 spiro atoms. The number of hydrogen-bond acceptors (Lipinski definition) is 4. The van der Waals surface area contributed by atoms with E-state index in [1.807, 2.05) is 24.8 Å². The summed E-state index contributed by atoms with van der Waals surface area (Å²) in [4.78, 5) is 10.7. The fraction of sp³-hybridized carbons (Fsp3) is 0.429. The molecule has 19 heavy (non-hydrogen) atoms. The van der Waals surface area contributed by atoms with Crippen molar-refractivity contribution >= 4 is 0 Å². The lowest BCUT2D eigenvalue weighted by Gasteiger charge is -2.27. The molecule has 5 nitrogen and oxygen atoms in total. The van der Waals surface area contributed by atoms with Gasteiger partial charge in [-0.25, -0.2) is 4.98 Å². The van der Waals surface area contributed by atoms with E-state index in [1.165, 1.54) is 11.3 Å². The summed E-state index contributed by atoms with van der Waals surface area (Å²) in [5, 5.41) is 9.60. The maximum Gasteiger partial charge on any atom is 0.0948 e. The lowest BCUT2D eigenvalue weighted by Crippen LogP contribution is -2.36. The zero-order valence-electron chi connectivity index (χ0n) is 10.8. The summed E-state index contributed by atoms with van der Waals surface area (Å²) in [6.45, 7) is 2.74. The quantitative estimate of drug-likeness (QED) is 0.894. The topological polar surface area (TPSA) is 54.2 Å². The molecule has 0 saturated heterocycles. The molecule has 3 rings (SSSR count). The van der Waals surface area contributed by atoms with Crippen LogP contribution in [0.2, 0.25) is 0 Å². The molecule has 3 heterocycles. The summed E-state index contributed by atoms with van der Waals surface area (Å²) in [6.07, 6.45) is 8.40. The summed E-state index contributed by atoms with van der Waals surface area (Å²) in [7, 11) is 0. The molecule has 0 aromatic carbocycles. The zero-order chi connectivity index (χ0) is 13.1. The predicted molar refractivity (Wildman–Crippen MR) is 71.2 cm³/mol. The first-order chi connectivity index (χ1) is 9.36. The third-order valence-corrected chi connectivity index (χ3v) is 3.70. The molecule has 0 fully saturated rings. The van der Waals surface area contributed by atoms with Gasteiger partial charge >= 0.3 is 0 Å². The Bertz CT molecular complexity index is 525. The molecule has 1 atom stereocenters. The van der Waals surface area contributed by atoms with Crippen LogP contribution in [0.3, 0.4) is 0 Å². The van der Waals surface area contributed by atoms with Crippen molar-refractivity contribution in [1.29, 1.82) is 0 Å². The fourth-order valence-corrected chi connectivity index (χ4v) is 2.61. The minimum absolute atomic E-state index is 0.193. The van der Waals surface area contributed by atoms with Gasteiger partial charge in [-0.1, -0.05) is 6.07 Å². The average Bonchev–Trinajstić information content (AvgIpc) is 2.81. The Morgan fingerprint density at radius 1 is 1.32 bits per heavy atom. The summed E-state index contributed by atoms with van der Waals surface area (Å²) in [5.41, 5.74) is 2.38. The zero-order valence-corrected chi connectivity index (χ0v) is 10.8. The van der Waals surface area contributed by atoms with Crippen molar-refractivity contribution in [2.75, 3.05) is 6.61 Å². The number of rotatable bonds is 3. The molecular formula is C14H18N4O. The standard InChI is InChI=1S/C14H18N4O/c19-10-13-3-5-17-11-16-7-14(17)9-18(13)8-12-2-1-4-15-6-12/h1-2,4,6-7,11,13,19H,3,5,8-10H2/t13-/m0/s1. The van der Waals surface area contributed by atoms with E-state index < -0.39 is 0 Å². The van der Waals surface area contributed by atoms with Gasteiger partial charge in [0.05, 0.1) is 18.6 Å². The molecular weight excluding hydrogens is 240 g/mol. The highest BCUT2D eigenvalue weighted by atomic mass is 16.3. The highest BCUT2D eigenvalue weighted by Gasteiger charge is 2.23. The second kappa shape index (κ2) is 5.50. The van der Waals surface area contributed by atoms with Crippen molar-refractivity contribution in [2.24, 2.45) is 0 Å². The summed E-state index contributed by atoms with van der Waals surface area (Å²) < 4.78 is 2.17. The number of nitrogens with zero attached hydrogens (tertiary/aromatic N) is 4. The van der Waals surface area contributed by atoms with Crippen molar-refractivity contribution in [1.82, 2.24) is 19.4 Å². The lowest BCUT2D eigenvalue weighted by atomic mass is 10.1. The molecule has 2 aromatic rings. The molecule has 0 bridgehead atoms. The highest BCUT2D eigenvalue weighted by Crippen LogP contribution is 2.19. The van der Waals surface area contributed by atoms with Crippen LogP contribution >= 0.6 is 0 Å². The van der Waals surface area contributed by atoms with Crippen LogP contribution < -0.4 is 0 Å². The van der Waals surface area contributed by atoms with Crippen molar-refractivity contribution in [3.63, 3.8) is 0 Å². The first-order valence-corrected chi connectivity index (χ1v) is 6.59. The van der Waals surface area contributed by atoms with E-state index in [0.29, 0.717) is 0 Å². The van der Waals surface area contributed by atoms with E-state index in [-0.39, 0.29) is 12.6 Å². The van der Waals surface area contributed by atoms with Crippen molar-refractivity contribution in [2.45, 2.75) is 32.1 Å². The van der Waals surface area contributed by atoms with E-state index in [1.54, 1.807) is 6.20 Å². The number of aliphatic hydroxyl groups excluding tert-OH is 1. The van der Waals surface area contributed by atoms with Gasteiger partial charge in [0.1, 0.15) is 0 Å². The maximum absolute atomic E-state index is 9.60. The van der Waals surface area contributed by atoms with Crippen LogP contribution in [0.1, 0.15) is 17.7 Å². The number of fused-ring (bicyclic) bond motifs is 1. The molecule has 0 radical (unpaired) electrons. The summed E-state index contributed by atoms with van der Waals surface area (Å²) in [5.74, 6) is 0. The highest BCUT2D eigenvalue weighted by molar-refractivity contribution is 5.10. The van der Waals surface area contributed by atoms with Crippen molar-refractivity contribution in [3.8, 4) is 0 Å². The maximum atomic E-state index is 9.60. The van der Waals surface area contributed by atoms with E-state index in [0.717, 1.165) is 26.1 Å². The second-order valence-corrected chi connectivity index (χ2v) is 4.97. The van der Waals surface area contributed by atoms with Gasteiger partial charge < -0.3 is 9.67 Å².